The Hall–Kier alpha value is -2.14. The summed E-state index contributed by atoms with van der Waals surface area (Å²) in [5, 5.41) is 9.67. The second-order valence-electron chi connectivity index (χ2n) is 10.00. The van der Waals surface area contributed by atoms with Gasteiger partial charge >= 0.3 is 0 Å². The van der Waals surface area contributed by atoms with E-state index in [0.717, 1.165) is 37.2 Å². The minimum absolute atomic E-state index is 0.0432. The lowest BCUT2D eigenvalue weighted by Gasteiger charge is -2.34. The maximum absolute atomic E-state index is 9.67. The molecule has 0 aliphatic carbocycles. The number of benzene rings is 2. The first-order valence-corrected chi connectivity index (χ1v) is 12.5. The number of aryl methyl sites for hydroxylation is 2. The third-order valence-electron chi connectivity index (χ3n) is 5.99. The highest BCUT2D eigenvalue weighted by Gasteiger charge is 2.28. The molecule has 2 aliphatic rings. The van der Waals surface area contributed by atoms with Crippen molar-refractivity contribution < 1.29 is 19.3 Å². The number of ether oxygens (including phenoxy) is 3. The zero-order valence-corrected chi connectivity index (χ0v) is 22.0. The van der Waals surface area contributed by atoms with Gasteiger partial charge in [-0.05, 0) is 102 Å². The van der Waals surface area contributed by atoms with Crippen molar-refractivity contribution in [3.8, 4) is 0 Å². The molecule has 2 aromatic carbocycles. The molecule has 0 saturated carbocycles. The molecule has 188 valence electrons. The Bertz CT molecular complexity index is 865. The maximum atomic E-state index is 9.67. The second kappa shape index (κ2) is 13.7. The summed E-state index contributed by atoms with van der Waals surface area (Å²) in [5.74, 6) is 0. The highest BCUT2D eigenvalue weighted by atomic mass is 16.7. The van der Waals surface area contributed by atoms with Crippen molar-refractivity contribution in [3.05, 3.63) is 83.1 Å². The molecule has 4 heteroatoms. The highest BCUT2D eigenvalue weighted by Crippen LogP contribution is 2.31. The fourth-order valence-electron chi connectivity index (χ4n) is 4.19. The third-order valence-corrected chi connectivity index (χ3v) is 5.99. The molecule has 4 nitrogen and oxygen atoms in total. The number of hydrogen-bond acceptors (Lipinski definition) is 4. The minimum Gasteiger partial charge on any atom is -0.502 e. The molecule has 4 rings (SSSR count). The summed E-state index contributed by atoms with van der Waals surface area (Å²) in [7, 11) is 0. The Kier molecular flexibility index (Phi) is 11.3. The molecule has 1 saturated heterocycles. The van der Waals surface area contributed by atoms with Crippen LogP contribution >= 0.6 is 0 Å². The lowest BCUT2D eigenvalue weighted by Crippen LogP contribution is -2.32. The monoisotopic (exact) mass is 468 g/mol. The molecular formula is C30H44O4. The molecule has 0 amide bonds. The van der Waals surface area contributed by atoms with Crippen molar-refractivity contribution in [2.45, 2.75) is 91.1 Å². The van der Waals surface area contributed by atoms with E-state index in [4.69, 9.17) is 14.2 Å². The van der Waals surface area contributed by atoms with Gasteiger partial charge in [0.15, 0.2) is 6.29 Å². The van der Waals surface area contributed by atoms with Crippen molar-refractivity contribution in [1.29, 1.82) is 0 Å². The van der Waals surface area contributed by atoms with Gasteiger partial charge in [0.1, 0.15) is 0 Å². The summed E-state index contributed by atoms with van der Waals surface area (Å²) in [4.78, 5) is 0. The minimum atomic E-state index is -0.717. The van der Waals surface area contributed by atoms with Gasteiger partial charge in [0.25, 0.3) is 0 Å². The summed E-state index contributed by atoms with van der Waals surface area (Å²) in [5.41, 5.74) is 3.65. The smallest absolute Gasteiger partial charge is 0.158 e. The van der Waals surface area contributed by atoms with Crippen LogP contribution in [0.2, 0.25) is 0 Å². The van der Waals surface area contributed by atoms with Gasteiger partial charge < -0.3 is 19.3 Å². The molecule has 1 unspecified atom stereocenters. The molecule has 0 radical (unpaired) electrons. The van der Waals surface area contributed by atoms with Gasteiger partial charge in [0, 0.05) is 6.61 Å². The van der Waals surface area contributed by atoms with E-state index >= 15 is 0 Å². The zero-order chi connectivity index (χ0) is 25.0. The Labute approximate surface area is 207 Å². The first-order chi connectivity index (χ1) is 16.1. The Morgan fingerprint density at radius 2 is 1.44 bits per heavy atom. The van der Waals surface area contributed by atoms with Gasteiger partial charge in [0.05, 0.1) is 24.1 Å². The fourth-order valence-corrected chi connectivity index (χ4v) is 4.19. The zero-order valence-electron chi connectivity index (χ0n) is 22.0. The van der Waals surface area contributed by atoms with Gasteiger partial charge in [0.2, 0.25) is 0 Å². The van der Waals surface area contributed by atoms with E-state index in [1.54, 1.807) is 20.1 Å². The number of rotatable bonds is 4. The molecule has 2 aromatic rings. The van der Waals surface area contributed by atoms with E-state index in [1.807, 2.05) is 37.3 Å². The van der Waals surface area contributed by atoms with Crippen LogP contribution in [-0.4, -0.2) is 24.6 Å². The molecule has 34 heavy (non-hydrogen) atoms. The SMILES string of the molecule is C1=COCCC1.Cc1ccccc1C(C)(C)O.Cc1ccccc1C(C)(C)OC1CCCCO1. The number of hydrogen-bond donors (Lipinski definition) is 1. The molecule has 0 bridgehead atoms. The van der Waals surface area contributed by atoms with Crippen molar-refractivity contribution in [3.63, 3.8) is 0 Å². The fraction of sp³-hybridized carbons (Fsp3) is 0.533. The van der Waals surface area contributed by atoms with E-state index in [1.165, 1.54) is 30.4 Å². The van der Waals surface area contributed by atoms with E-state index in [9.17, 15) is 5.11 Å². The maximum Gasteiger partial charge on any atom is 0.158 e. The summed E-state index contributed by atoms with van der Waals surface area (Å²) in [6, 6.07) is 16.3. The van der Waals surface area contributed by atoms with Crippen LogP contribution in [0.3, 0.4) is 0 Å². The second-order valence-corrected chi connectivity index (χ2v) is 10.00. The van der Waals surface area contributed by atoms with Gasteiger partial charge in [-0.1, -0.05) is 48.5 Å². The van der Waals surface area contributed by atoms with Gasteiger partial charge in [-0.15, -0.1) is 0 Å². The van der Waals surface area contributed by atoms with Crippen LogP contribution in [0, 0.1) is 13.8 Å². The summed E-state index contributed by atoms with van der Waals surface area (Å²) in [6.07, 6.45) is 9.52. The molecule has 0 spiro atoms. The molecule has 0 aromatic heterocycles. The Morgan fingerprint density at radius 3 is 1.82 bits per heavy atom. The van der Waals surface area contributed by atoms with Gasteiger partial charge in [-0.2, -0.15) is 0 Å². The largest absolute Gasteiger partial charge is 0.502 e. The summed E-state index contributed by atoms with van der Waals surface area (Å²) < 4.78 is 16.7. The molecule has 2 aliphatic heterocycles. The average Bonchev–Trinajstić information content (AvgIpc) is 2.81. The lowest BCUT2D eigenvalue weighted by atomic mass is 9.93. The van der Waals surface area contributed by atoms with Crippen LogP contribution in [0.25, 0.3) is 0 Å². The highest BCUT2D eigenvalue weighted by molar-refractivity contribution is 5.31. The van der Waals surface area contributed by atoms with E-state index < -0.39 is 5.60 Å². The van der Waals surface area contributed by atoms with Crippen LogP contribution in [0.4, 0.5) is 0 Å². The van der Waals surface area contributed by atoms with Crippen LogP contribution in [-0.2, 0) is 25.4 Å². The van der Waals surface area contributed by atoms with Crippen LogP contribution < -0.4 is 0 Å². The van der Waals surface area contributed by atoms with Gasteiger partial charge in [-0.3, -0.25) is 0 Å². The lowest BCUT2D eigenvalue weighted by molar-refractivity contribution is -0.219. The first kappa shape index (κ1) is 28.1. The number of allylic oxidation sites excluding steroid dienone is 1. The molecule has 2 heterocycles. The van der Waals surface area contributed by atoms with Gasteiger partial charge in [-0.25, -0.2) is 0 Å². The molecule has 1 fully saturated rings. The van der Waals surface area contributed by atoms with E-state index in [0.29, 0.717) is 0 Å². The Balaban J connectivity index is 0.000000204. The summed E-state index contributed by atoms with van der Waals surface area (Å²) in [6.45, 7) is 13.7. The average molecular weight is 469 g/mol. The van der Waals surface area contributed by atoms with Crippen molar-refractivity contribution in [2.75, 3.05) is 13.2 Å². The molecular weight excluding hydrogens is 424 g/mol. The third kappa shape index (κ3) is 9.61. The van der Waals surface area contributed by atoms with E-state index in [2.05, 4.69) is 45.0 Å². The quantitative estimate of drug-likeness (QED) is 0.511. The van der Waals surface area contributed by atoms with Crippen molar-refractivity contribution >= 4 is 0 Å². The standard InChI is InChI=1S/C15H22O2.C10H14O.C5H8O/c1-12-8-4-5-9-13(12)15(2,3)17-14-10-6-7-11-16-14;1-8-6-4-5-7-9(8)10(2,3)11;1-2-4-6-5-3-1/h4-5,8-9,14H,6-7,10-11H2,1-3H3;4-7,11H,1-3H3;2,4H,1,3,5H2. The van der Waals surface area contributed by atoms with Crippen LogP contribution in [0.15, 0.2) is 60.9 Å². The van der Waals surface area contributed by atoms with Crippen LogP contribution in [0.5, 0.6) is 0 Å². The van der Waals surface area contributed by atoms with Crippen molar-refractivity contribution in [2.24, 2.45) is 0 Å². The van der Waals surface area contributed by atoms with Crippen molar-refractivity contribution in [1.82, 2.24) is 0 Å². The number of aliphatic hydroxyl groups is 1. The topological polar surface area (TPSA) is 47.9 Å². The molecule has 1 N–H and O–H groups in total. The Morgan fingerprint density at radius 1 is 0.824 bits per heavy atom. The van der Waals surface area contributed by atoms with Crippen LogP contribution in [0.1, 0.15) is 82.1 Å². The normalized spacial score (nSPS) is 18.0. The van der Waals surface area contributed by atoms with E-state index in [-0.39, 0.29) is 11.9 Å². The first-order valence-electron chi connectivity index (χ1n) is 12.5. The molecule has 1 atom stereocenters. The predicted molar refractivity (Wildman–Crippen MR) is 140 cm³/mol. The predicted octanol–water partition coefficient (Wildman–Crippen LogP) is 7.31. The summed E-state index contributed by atoms with van der Waals surface area (Å²) >= 11 is 0.